The fraction of sp³-hybridized carbons (Fsp3) is 0.308. The number of rotatable bonds is 4. The van der Waals surface area contributed by atoms with Gasteiger partial charge in [0.1, 0.15) is 11.4 Å². The number of ether oxygens (including phenoxy) is 1. The van der Waals surface area contributed by atoms with Crippen LogP contribution < -0.4 is 10.1 Å². The number of aromatic nitrogens is 2. The molecule has 2 aromatic rings. The molecule has 19 heavy (non-hydrogen) atoms. The smallest absolute Gasteiger partial charge is 0.276 e. The number of carbonyl (C=O) groups is 1. The zero-order valence-electron chi connectivity index (χ0n) is 11.1. The molecule has 6 nitrogen and oxygen atoms in total. The van der Waals surface area contributed by atoms with Gasteiger partial charge in [0.2, 0.25) is 5.88 Å². The molecule has 0 saturated heterocycles. The Balaban J connectivity index is 2.20. The minimum Gasteiger partial charge on any atom is -0.497 e. The molecule has 0 saturated carbocycles. The number of aryl methyl sites for hydroxylation is 1. The zero-order chi connectivity index (χ0) is 13.8. The largest absolute Gasteiger partial charge is 0.497 e. The number of hydrogen-bond acceptors (Lipinski definition) is 5. The maximum Gasteiger partial charge on any atom is 0.276 e. The standard InChI is InChI=1S/C13H15N3O3/c1-4-10-8(2)16-19-13(10)15-12(17)11-7-9(18-3)5-6-14-11/h5-7H,4H2,1-3H3,(H,15,17). The second-order valence-corrected chi connectivity index (χ2v) is 3.96. The minimum atomic E-state index is -0.357. The molecule has 0 bridgehead atoms. The normalized spacial score (nSPS) is 10.3. The summed E-state index contributed by atoms with van der Waals surface area (Å²) < 4.78 is 10.1. The lowest BCUT2D eigenvalue weighted by molar-refractivity contribution is 0.101. The summed E-state index contributed by atoms with van der Waals surface area (Å²) in [4.78, 5) is 16.0. The van der Waals surface area contributed by atoms with Crippen LogP contribution in [0.5, 0.6) is 5.75 Å². The highest BCUT2D eigenvalue weighted by Gasteiger charge is 2.16. The number of hydrogen-bond donors (Lipinski definition) is 1. The first-order valence-electron chi connectivity index (χ1n) is 5.92. The van der Waals surface area contributed by atoms with Crippen LogP contribution >= 0.6 is 0 Å². The van der Waals surface area contributed by atoms with Crippen molar-refractivity contribution in [3.05, 3.63) is 35.3 Å². The van der Waals surface area contributed by atoms with Crippen molar-refractivity contribution in [2.24, 2.45) is 0 Å². The first-order chi connectivity index (χ1) is 9.15. The van der Waals surface area contributed by atoms with E-state index in [4.69, 9.17) is 9.26 Å². The van der Waals surface area contributed by atoms with Gasteiger partial charge < -0.3 is 9.26 Å². The summed E-state index contributed by atoms with van der Waals surface area (Å²) >= 11 is 0. The molecule has 1 N–H and O–H groups in total. The molecule has 2 heterocycles. The van der Waals surface area contributed by atoms with E-state index in [-0.39, 0.29) is 11.6 Å². The molecule has 1 amide bonds. The van der Waals surface area contributed by atoms with E-state index < -0.39 is 0 Å². The Kier molecular flexibility index (Phi) is 3.79. The van der Waals surface area contributed by atoms with E-state index >= 15 is 0 Å². The van der Waals surface area contributed by atoms with E-state index in [1.807, 2.05) is 13.8 Å². The van der Waals surface area contributed by atoms with Crippen LogP contribution in [0.15, 0.2) is 22.9 Å². The van der Waals surface area contributed by atoms with Gasteiger partial charge >= 0.3 is 0 Å². The molecular weight excluding hydrogens is 246 g/mol. The molecule has 0 aliphatic heterocycles. The molecule has 0 aliphatic carbocycles. The van der Waals surface area contributed by atoms with Crippen LogP contribution in [0.4, 0.5) is 5.88 Å². The van der Waals surface area contributed by atoms with Crippen LogP contribution in [0, 0.1) is 6.92 Å². The van der Waals surface area contributed by atoms with Gasteiger partial charge in [-0.3, -0.25) is 15.1 Å². The van der Waals surface area contributed by atoms with Crippen molar-refractivity contribution in [2.45, 2.75) is 20.3 Å². The highest BCUT2D eigenvalue weighted by molar-refractivity contribution is 6.02. The van der Waals surface area contributed by atoms with Crippen LogP contribution in [0.25, 0.3) is 0 Å². The molecular formula is C13H15N3O3. The Morgan fingerprint density at radius 1 is 1.53 bits per heavy atom. The molecule has 0 fully saturated rings. The molecule has 6 heteroatoms. The van der Waals surface area contributed by atoms with Gasteiger partial charge in [0.25, 0.3) is 5.91 Å². The van der Waals surface area contributed by atoms with E-state index in [9.17, 15) is 4.79 Å². The van der Waals surface area contributed by atoms with E-state index in [1.54, 1.807) is 12.1 Å². The summed E-state index contributed by atoms with van der Waals surface area (Å²) in [5.41, 5.74) is 1.92. The summed E-state index contributed by atoms with van der Waals surface area (Å²) in [5.74, 6) is 0.587. The number of carbonyl (C=O) groups excluding carboxylic acids is 1. The molecule has 100 valence electrons. The van der Waals surface area contributed by atoms with Gasteiger partial charge in [-0.1, -0.05) is 12.1 Å². The summed E-state index contributed by atoms with van der Waals surface area (Å²) in [6, 6.07) is 3.23. The predicted octanol–water partition coefficient (Wildman–Crippen LogP) is 2.20. The van der Waals surface area contributed by atoms with E-state index in [0.29, 0.717) is 11.6 Å². The van der Waals surface area contributed by atoms with E-state index in [2.05, 4.69) is 15.5 Å². The quantitative estimate of drug-likeness (QED) is 0.912. The Bertz CT molecular complexity index is 593. The Morgan fingerprint density at radius 2 is 2.32 bits per heavy atom. The lowest BCUT2D eigenvalue weighted by Crippen LogP contribution is -2.14. The van der Waals surface area contributed by atoms with Crippen molar-refractivity contribution in [3.8, 4) is 5.75 Å². The molecule has 2 rings (SSSR count). The second-order valence-electron chi connectivity index (χ2n) is 3.96. The van der Waals surface area contributed by atoms with Gasteiger partial charge in [0, 0.05) is 17.8 Å². The zero-order valence-corrected chi connectivity index (χ0v) is 11.1. The molecule has 2 aromatic heterocycles. The maximum atomic E-state index is 12.0. The van der Waals surface area contributed by atoms with Crippen molar-refractivity contribution in [3.63, 3.8) is 0 Å². The highest BCUT2D eigenvalue weighted by atomic mass is 16.5. The van der Waals surface area contributed by atoms with Crippen LogP contribution in [-0.4, -0.2) is 23.2 Å². The van der Waals surface area contributed by atoms with E-state index in [1.165, 1.54) is 13.3 Å². The Hall–Kier alpha value is -2.37. The van der Waals surface area contributed by atoms with Crippen LogP contribution in [0.2, 0.25) is 0 Å². The van der Waals surface area contributed by atoms with E-state index in [0.717, 1.165) is 17.7 Å². The van der Waals surface area contributed by atoms with Gasteiger partial charge in [-0.25, -0.2) is 0 Å². The number of nitrogens with zero attached hydrogens (tertiary/aromatic N) is 2. The summed E-state index contributed by atoms with van der Waals surface area (Å²) in [7, 11) is 1.53. The fourth-order valence-electron chi connectivity index (χ4n) is 1.73. The average Bonchev–Trinajstić information content (AvgIpc) is 2.79. The molecule has 0 spiro atoms. The van der Waals surface area contributed by atoms with Crippen molar-refractivity contribution in [1.82, 2.24) is 10.1 Å². The van der Waals surface area contributed by atoms with Crippen LogP contribution in [0.3, 0.4) is 0 Å². The summed E-state index contributed by atoms with van der Waals surface area (Å²) in [6.45, 7) is 3.81. The fourth-order valence-corrected chi connectivity index (χ4v) is 1.73. The molecule has 0 aromatic carbocycles. The number of amides is 1. The number of anilines is 1. The SMILES string of the molecule is CCc1c(C)noc1NC(=O)c1cc(OC)ccn1. The number of nitrogens with one attached hydrogen (secondary N) is 1. The van der Waals surface area contributed by atoms with Gasteiger partial charge in [-0.05, 0) is 19.4 Å². The monoisotopic (exact) mass is 261 g/mol. The van der Waals surface area contributed by atoms with Gasteiger partial charge in [0.15, 0.2) is 0 Å². The molecule has 0 radical (unpaired) electrons. The van der Waals surface area contributed by atoms with Crippen LogP contribution in [0.1, 0.15) is 28.7 Å². The predicted molar refractivity (Wildman–Crippen MR) is 69.4 cm³/mol. The van der Waals surface area contributed by atoms with Crippen molar-refractivity contribution < 1.29 is 14.1 Å². The van der Waals surface area contributed by atoms with Gasteiger partial charge in [0.05, 0.1) is 12.8 Å². The average molecular weight is 261 g/mol. The van der Waals surface area contributed by atoms with Gasteiger partial charge in [-0.15, -0.1) is 0 Å². The highest BCUT2D eigenvalue weighted by Crippen LogP contribution is 2.20. The van der Waals surface area contributed by atoms with Crippen LogP contribution in [-0.2, 0) is 6.42 Å². The molecule has 0 atom stereocenters. The molecule has 0 unspecified atom stereocenters. The summed E-state index contributed by atoms with van der Waals surface area (Å²) in [5, 5.41) is 6.50. The first kappa shape index (κ1) is 13.1. The summed E-state index contributed by atoms with van der Waals surface area (Å²) in [6.07, 6.45) is 2.25. The third kappa shape index (κ3) is 2.73. The van der Waals surface area contributed by atoms with Crippen molar-refractivity contribution in [1.29, 1.82) is 0 Å². The Morgan fingerprint density at radius 3 is 3.00 bits per heavy atom. The van der Waals surface area contributed by atoms with Crippen molar-refractivity contribution in [2.75, 3.05) is 12.4 Å². The molecule has 0 aliphatic rings. The Labute approximate surface area is 110 Å². The first-order valence-corrected chi connectivity index (χ1v) is 5.92. The number of methoxy groups -OCH3 is 1. The topological polar surface area (TPSA) is 77.2 Å². The van der Waals surface area contributed by atoms with Crippen molar-refractivity contribution >= 4 is 11.8 Å². The minimum absolute atomic E-state index is 0.260. The third-order valence-electron chi connectivity index (χ3n) is 2.77. The lowest BCUT2D eigenvalue weighted by Gasteiger charge is -2.04. The third-order valence-corrected chi connectivity index (χ3v) is 2.77. The second kappa shape index (κ2) is 5.51. The maximum absolute atomic E-state index is 12.0. The van der Waals surface area contributed by atoms with Gasteiger partial charge in [-0.2, -0.15) is 0 Å². The lowest BCUT2D eigenvalue weighted by atomic mass is 10.2. The number of pyridine rings is 1.